The number of alkyl halides is 3. The molecule has 0 atom stereocenters. The molecule has 140 valence electrons. The molecule has 0 bridgehead atoms. The molecule has 0 spiro atoms. The Bertz CT molecular complexity index is 599. The van der Waals surface area contributed by atoms with Crippen molar-refractivity contribution in [3.63, 3.8) is 0 Å². The fourth-order valence-electron chi connectivity index (χ4n) is 1.63. The van der Waals surface area contributed by atoms with Crippen molar-refractivity contribution in [2.24, 2.45) is 0 Å². The van der Waals surface area contributed by atoms with Gasteiger partial charge in [0.1, 0.15) is 5.02 Å². The summed E-state index contributed by atoms with van der Waals surface area (Å²) in [5.41, 5.74) is -0.967. The highest BCUT2D eigenvalue weighted by molar-refractivity contribution is 6.31. The number of carbonyl (C=O) groups excluding carboxylic acids is 1. The number of ether oxygens (including phenoxy) is 1. The van der Waals surface area contributed by atoms with Gasteiger partial charge >= 0.3 is 18.2 Å². The number of hydrogen-bond acceptors (Lipinski definition) is 4. The lowest BCUT2D eigenvalue weighted by Crippen LogP contribution is -2.37. The molecule has 0 aliphatic rings. The first kappa shape index (κ1) is 20.8. The van der Waals surface area contributed by atoms with Gasteiger partial charge in [0, 0.05) is 25.7 Å². The highest BCUT2D eigenvalue weighted by Gasteiger charge is 2.31. The van der Waals surface area contributed by atoms with Crippen molar-refractivity contribution in [2.45, 2.75) is 25.4 Å². The number of amides is 2. The van der Waals surface area contributed by atoms with Crippen LogP contribution in [0.1, 0.15) is 24.8 Å². The van der Waals surface area contributed by atoms with E-state index in [4.69, 9.17) is 21.4 Å². The summed E-state index contributed by atoms with van der Waals surface area (Å²) in [7, 11) is 0. The number of urea groups is 1. The van der Waals surface area contributed by atoms with E-state index >= 15 is 0 Å². The van der Waals surface area contributed by atoms with Crippen LogP contribution in [0.5, 0.6) is 5.88 Å². The zero-order valence-corrected chi connectivity index (χ0v) is 13.8. The van der Waals surface area contributed by atoms with E-state index < -0.39 is 23.7 Å². The van der Waals surface area contributed by atoms with Crippen LogP contribution in [0.25, 0.3) is 0 Å². The second-order valence-corrected chi connectivity index (χ2v) is 5.30. The second kappa shape index (κ2) is 9.92. The zero-order valence-electron chi connectivity index (χ0n) is 13.0. The van der Waals surface area contributed by atoms with Gasteiger partial charge in [0.05, 0.1) is 12.2 Å². The monoisotopic (exact) mass is 383 g/mol. The normalized spacial score (nSPS) is 11.0. The molecule has 0 saturated heterocycles. The number of pyridine rings is 1. The van der Waals surface area contributed by atoms with Crippen molar-refractivity contribution in [1.29, 1.82) is 0 Å². The zero-order chi connectivity index (χ0) is 18.9. The van der Waals surface area contributed by atoms with Gasteiger partial charge < -0.3 is 20.5 Å². The van der Waals surface area contributed by atoms with Gasteiger partial charge in [-0.25, -0.2) is 9.78 Å². The molecule has 2 amide bonds. The number of aliphatic carboxylic acids is 1. The van der Waals surface area contributed by atoms with Crippen LogP contribution in [-0.4, -0.2) is 41.8 Å². The Morgan fingerprint density at radius 3 is 2.44 bits per heavy atom. The Hall–Kier alpha value is -2.23. The number of carboxylic acid groups (broad SMARTS) is 1. The van der Waals surface area contributed by atoms with E-state index in [-0.39, 0.29) is 37.0 Å². The molecule has 7 nitrogen and oxygen atoms in total. The summed E-state index contributed by atoms with van der Waals surface area (Å²) < 4.78 is 42.6. The molecule has 0 radical (unpaired) electrons. The number of nitrogens with zero attached hydrogens (tertiary/aromatic N) is 1. The van der Waals surface area contributed by atoms with Crippen molar-refractivity contribution >= 4 is 23.6 Å². The van der Waals surface area contributed by atoms with Crippen LogP contribution in [0.4, 0.5) is 18.0 Å². The quantitative estimate of drug-likeness (QED) is 0.569. The molecule has 0 aromatic carbocycles. The summed E-state index contributed by atoms with van der Waals surface area (Å²) in [4.78, 5) is 25.2. The average molecular weight is 384 g/mol. The third-order valence-corrected chi connectivity index (χ3v) is 3.10. The van der Waals surface area contributed by atoms with Crippen LogP contribution in [0.3, 0.4) is 0 Å². The maximum absolute atomic E-state index is 12.5. The summed E-state index contributed by atoms with van der Waals surface area (Å²) in [6, 6.07) is 0.281. The van der Waals surface area contributed by atoms with E-state index in [0.29, 0.717) is 19.0 Å². The maximum atomic E-state index is 12.5. The van der Waals surface area contributed by atoms with Gasteiger partial charge in [0.25, 0.3) is 0 Å². The fourth-order valence-corrected chi connectivity index (χ4v) is 1.85. The largest absolute Gasteiger partial charge is 0.481 e. The fraction of sp³-hybridized carbons (Fsp3) is 0.500. The summed E-state index contributed by atoms with van der Waals surface area (Å²) in [5.74, 6) is -1.05. The predicted octanol–water partition coefficient (Wildman–Crippen LogP) is 2.69. The first-order valence-corrected chi connectivity index (χ1v) is 7.67. The lowest BCUT2D eigenvalue weighted by molar-refractivity contribution is -0.138. The van der Waals surface area contributed by atoms with Crippen LogP contribution in [-0.2, 0) is 11.0 Å². The first-order valence-electron chi connectivity index (χ1n) is 7.29. The predicted molar refractivity (Wildman–Crippen MR) is 82.6 cm³/mol. The van der Waals surface area contributed by atoms with Gasteiger partial charge in [-0.3, -0.25) is 4.79 Å². The molecule has 0 aliphatic heterocycles. The number of carbonyl (C=O) groups is 2. The molecule has 1 aromatic heterocycles. The summed E-state index contributed by atoms with van der Waals surface area (Å²) in [6.07, 6.45) is -3.23. The van der Waals surface area contributed by atoms with Crippen LogP contribution in [0.2, 0.25) is 5.02 Å². The van der Waals surface area contributed by atoms with E-state index in [1.54, 1.807) is 0 Å². The molecule has 0 saturated carbocycles. The number of aromatic nitrogens is 1. The lowest BCUT2D eigenvalue weighted by atomic mass is 10.3. The highest BCUT2D eigenvalue weighted by atomic mass is 35.5. The lowest BCUT2D eigenvalue weighted by Gasteiger charge is -2.10. The third kappa shape index (κ3) is 8.43. The van der Waals surface area contributed by atoms with Gasteiger partial charge in [-0.1, -0.05) is 11.6 Å². The van der Waals surface area contributed by atoms with Gasteiger partial charge in [-0.05, 0) is 18.9 Å². The number of rotatable bonds is 9. The number of hydrogen-bond donors (Lipinski definition) is 3. The number of nitrogens with one attached hydrogen (secondary N) is 2. The van der Waals surface area contributed by atoms with Crippen LogP contribution >= 0.6 is 11.6 Å². The standard InChI is InChI=1S/C14H17ClF3N3O4/c15-10-7-9(14(16,17)18)8-21-12(10)25-6-2-5-20-13(24)19-4-1-3-11(22)23/h7-8H,1-6H2,(H,22,23)(H2,19,20,24). The topological polar surface area (TPSA) is 101 Å². The van der Waals surface area contributed by atoms with E-state index in [1.165, 1.54) is 0 Å². The van der Waals surface area contributed by atoms with Gasteiger partial charge in [-0.15, -0.1) is 0 Å². The summed E-state index contributed by atoms with van der Waals surface area (Å²) in [5, 5.41) is 13.2. The smallest absolute Gasteiger partial charge is 0.417 e. The number of halogens is 4. The van der Waals surface area contributed by atoms with E-state index in [0.717, 1.165) is 6.07 Å². The van der Waals surface area contributed by atoms with Crippen molar-refractivity contribution in [3.8, 4) is 5.88 Å². The van der Waals surface area contributed by atoms with Crippen LogP contribution < -0.4 is 15.4 Å². The minimum absolute atomic E-state index is 0.0327. The van der Waals surface area contributed by atoms with E-state index in [9.17, 15) is 22.8 Å². The Morgan fingerprint density at radius 1 is 1.24 bits per heavy atom. The van der Waals surface area contributed by atoms with Crippen molar-refractivity contribution in [2.75, 3.05) is 19.7 Å². The molecule has 1 aromatic rings. The van der Waals surface area contributed by atoms with E-state index in [1.807, 2.05) is 0 Å². The minimum atomic E-state index is -4.53. The summed E-state index contributed by atoms with van der Waals surface area (Å²) >= 11 is 5.68. The molecule has 0 unspecified atom stereocenters. The molecule has 1 heterocycles. The van der Waals surface area contributed by atoms with Crippen molar-refractivity contribution < 1.29 is 32.6 Å². The van der Waals surface area contributed by atoms with Crippen molar-refractivity contribution in [3.05, 3.63) is 22.8 Å². The van der Waals surface area contributed by atoms with Crippen LogP contribution in [0, 0.1) is 0 Å². The SMILES string of the molecule is O=C(O)CCCNC(=O)NCCCOc1ncc(C(F)(F)F)cc1Cl. The molecular formula is C14H17ClF3N3O4. The van der Waals surface area contributed by atoms with E-state index in [2.05, 4.69) is 15.6 Å². The first-order chi connectivity index (χ1) is 11.7. The average Bonchev–Trinajstić information content (AvgIpc) is 2.51. The molecule has 0 fully saturated rings. The Labute approximate surface area is 146 Å². The number of carboxylic acids is 1. The van der Waals surface area contributed by atoms with Crippen LogP contribution in [0.15, 0.2) is 12.3 Å². The molecule has 11 heteroatoms. The van der Waals surface area contributed by atoms with Crippen molar-refractivity contribution in [1.82, 2.24) is 15.6 Å². The highest BCUT2D eigenvalue weighted by Crippen LogP contribution is 2.33. The Balaban J connectivity index is 2.21. The Kier molecular flexibility index (Phi) is 8.26. The second-order valence-electron chi connectivity index (χ2n) is 4.89. The molecule has 25 heavy (non-hydrogen) atoms. The molecular weight excluding hydrogens is 367 g/mol. The maximum Gasteiger partial charge on any atom is 0.417 e. The molecule has 1 rings (SSSR count). The third-order valence-electron chi connectivity index (χ3n) is 2.83. The van der Waals surface area contributed by atoms with Gasteiger partial charge in [-0.2, -0.15) is 13.2 Å². The summed E-state index contributed by atoms with van der Waals surface area (Å²) in [6.45, 7) is 0.583. The van der Waals surface area contributed by atoms with Gasteiger partial charge in [0.15, 0.2) is 0 Å². The Morgan fingerprint density at radius 2 is 1.88 bits per heavy atom. The molecule has 0 aliphatic carbocycles. The van der Waals surface area contributed by atoms with Gasteiger partial charge in [0.2, 0.25) is 5.88 Å². The minimum Gasteiger partial charge on any atom is -0.481 e. The molecule has 3 N–H and O–H groups in total.